The van der Waals surface area contributed by atoms with Gasteiger partial charge in [0.2, 0.25) is 5.79 Å². The monoisotopic (exact) mass is 1050 g/mol. The van der Waals surface area contributed by atoms with Crippen LogP contribution in [-0.2, 0) is 65.8 Å². The minimum atomic E-state index is -3.84. The van der Waals surface area contributed by atoms with Gasteiger partial charge in [-0.1, -0.05) is 71.1 Å². The maximum Gasteiger partial charge on any atom is 0.475 e. The van der Waals surface area contributed by atoms with Crippen LogP contribution in [0.25, 0.3) is 0 Å². The number of fused-ring (bicyclic) bond motifs is 3. The molecule has 1 aliphatic carbocycles. The van der Waals surface area contributed by atoms with Gasteiger partial charge >= 0.3 is 13.8 Å². The van der Waals surface area contributed by atoms with Crippen LogP contribution in [0.1, 0.15) is 139 Å². The largest absolute Gasteiger partial charge is 0.475 e. The van der Waals surface area contributed by atoms with Gasteiger partial charge in [0.25, 0.3) is 11.7 Å². The average Bonchev–Trinajstić information content (AvgIpc) is 3.35. The lowest BCUT2D eigenvalue weighted by molar-refractivity contribution is -0.265. The summed E-state index contributed by atoms with van der Waals surface area (Å²) in [7, 11) is 0.650. The molecule has 1 amide bonds. The third-order valence-corrected chi connectivity index (χ3v) is 17.0. The van der Waals surface area contributed by atoms with Crippen LogP contribution < -0.4 is 0 Å². The third kappa shape index (κ3) is 17.1. The summed E-state index contributed by atoms with van der Waals surface area (Å²) in [5.74, 6) is -8.40. The molecule has 17 nitrogen and oxygen atoms in total. The normalized spacial score (nSPS) is 37.5. The van der Waals surface area contributed by atoms with Gasteiger partial charge in [0.15, 0.2) is 5.78 Å². The Bertz CT molecular complexity index is 2010. The number of phosphoric ester groups is 1. The second-order valence-corrected chi connectivity index (χ2v) is 22.6. The van der Waals surface area contributed by atoms with Gasteiger partial charge in [-0.3, -0.25) is 32.7 Å². The summed E-state index contributed by atoms with van der Waals surface area (Å²) in [4.78, 5) is 72.5. The first-order valence-corrected chi connectivity index (χ1v) is 28.1. The van der Waals surface area contributed by atoms with E-state index in [0.717, 1.165) is 5.57 Å². The number of piperidine rings is 1. The maximum absolute atomic E-state index is 14.6. The van der Waals surface area contributed by atoms with Crippen LogP contribution >= 0.6 is 7.82 Å². The quantitative estimate of drug-likeness (QED) is 0.0811. The van der Waals surface area contributed by atoms with Crippen LogP contribution in [0, 0.1) is 35.5 Å². The van der Waals surface area contributed by atoms with Gasteiger partial charge in [-0.25, -0.2) is 9.36 Å². The molecular formula is C55H88NO16P. The summed E-state index contributed by atoms with van der Waals surface area (Å²) in [6.07, 6.45) is 10.3. The molecule has 2 saturated heterocycles. The van der Waals surface area contributed by atoms with Crippen LogP contribution in [0.3, 0.4) is 0 Å². The standard InChI is InChI=1S/C55H88NO16P/c1-13-68-73(64,69-14-2)72-45-26-24-41(31-48(45)66-11)30-37(6)47-33-44(57)36(5)29-39(8)50(59)51(67-12)49(58)38(7)28-34(3)20-16-15-17-21-35(4)46(65-10)32-42-25-23-40(9)55(63,71-42)52(60)53(61)56-27-19-18-22-43(56)54(62)70-47/h15-17,20-21,29,34,36-38,40-43,45-48,50-51,59,63H,13-14,18-19,22-28,30-33H2,1-12H3/b17-15+,20-16+,35-21+,39-29+/t34-,36-,37-,38?,40?,41?,42+,43?,45-,46+,47+,48?,50?,51+,55?/m1/s1. The van der Waals surface area contributed by atoms with Crippen molar-refractivity contribution in [1.29, 1.82) is 0 Å². The Hall–Kier alpha value is -3.22. The summed E-state index contributed by atoms with van der Waals surface area (Å²) < 4.78 is 59.9. The van der Waals surface area contributed by atoms with Crippen molar-refractivity contribution in [2.75, 3.05) is 41.1 Å². The number of carbonyl (C=O) groups excluding carboxylic acids is 5. The highest BCUT2D eigenvalue weighted by molar-refractivity contribution is 7.48. The Morgan fingerprint density at radius 1 is 0.836 bits per heavy atom. The molecule has 414 valence electrons. The molecule has 0 aromatic rings. The van der Waals surface area contributed by atoms with Gasteiger partial charge in [-0.2, -0.15) is 0 Å². The van der Waals surface area contributed by atoms with E-state index >= 15 is 0 Å². The predicted molar refractivity (Wildman–Crippen MR) is 275 cm³/mol. The van der Waals surface area contributed by atoms with Gasteiger partial charge in [0, 0.05) is 58.5 Å². The van der Waals surface area contributed by atoms with Crippen molar-refractivity contribution < 1.29 is 76.0 Å². The number of nitrogens with zero attached hydrogens (tertiary/aromatic N) is 1. The molecule has 0 radical (unpaired) electrons. The third-order valence-electron chi connectivity index (χ3n) is 15.3. The number of hydrogen-bond donors (Lipinski definition) is 2. The minimum absolute atomic E-state index is 0.00167. The molecular weight excluding hydrogens is 962 g/mol. The van der Waals surface area contributed by atoms with E-state index < -0.39 is 104 Å². The lowest BCUT2D eigenvalue weighted by Crippen LogP contribution is -2.61. The fourth-order valence-electron chi connectivity index (χ4n) is 10.8. The van der Waals surface area contributed by atoms with E-state index in [1.807, 2.05) is 51.2 Å². The summed E-state index contributed by atoms with van der Waals surface area (Å²) in [6.45, 7) is 16.3. The molecule has 1 saturated carbocycles. The number of hydrogen-bond acceptors (Lipinski definition) is 16. The zero-order valence-corrected chi connectivity index (χ0v) is 46.6. The highest BCUT2D eigenvalue weighted by atomic mass is 31.2. The number of allylic oxidation sites excluding steroid dienone is 6. The van der Waals surface area contributed by atoms with Crippen molar-refractivity contribution in [3.63, 3.8) is 0 Å². The SMILES string of the molecule is CCOP(=O)(OCC)O[C@@H]1CCC(C[C@@H](C)[C@@H]2CC(=O)[C@H](C)/C=C(\C)C(O)[C@@H](OC)C(=O)C(C)C[C@H](C)/C=C/C=C/C=C(\C)[C@@H](OC)C[C@@H]3CCC(C)C(O)(O3)C(=O)C(=O)N3CCCCC3C(=O)O2)CC1OC. The lowest BCUT2D eigenvalue weighted by atomic mass is 9.78. The number of carbonyl (C=O) groups is 5. The van der Waals surface area contributed by atoms with Gasteiger partial charge < -0.3 is 38.8 Å². The van der Waals surface area contributed by atoms with Crippen molar-refractivity contribution in [3.05, 3.63) is 47.6 Å². The first-order chi connectivity index (χ1) is 34.6. The topological polar surface area (TPSA) is 220 Å². The number of ether oxygens (including phenoxy) is 5. The summed E-state index contributed by atoms with van der Waals surface area (Å²) in [6, 6.07) is -1.18. The minimum Gasteiger partial charge on any atom is -0.460 e. The van der Waals surface area contributed by atoms with E-state index in [0.29, 0.717) is 69.8 Å². The van der Waals surface area contributed by atoms with E-state index in [2.05, 4.69) is 0 Å². The molecule has 2 N–H and O–H groups in total. The number of phosphoric acid groups is 1. The summed E-state index contributed by atoms with van der Waals surface area (Å²) in [5, 5.41) is 23.5. The lowest BCUT2D eigenvalue weighted by Gasteiger charge is -2.42. The Labute approximate surface area is 434 Å². The van der Waals surface area contributed by atoms with Crippen molar-refractivity contribution in [2.24, 2.45) is 35.5 Å². The maximum atomic E-state index is 14.6. The number of aliphatic hydroxyl groups is 2. The van der Waals surface area contributed by atoms with Crippen LogP contribution in [0.4, 0.5) is 0 Å². The van der Waals surface area contributed by atoms with Crippen LogP contribution in [0.5, 0.6) is 0 Å². The number of amides is 1. The second kappa shape index (κ2) is 29.3. The van der Waals surface area contributed by atoms with Crippen molar-refractivity contribution in [3.8, 4) is 0 Å². The van der Waals surface area contributed by atoms with Crippen molar-refractivity contribution in [2.45, 2.75) is 194 Å². The van der Waals surface area contributed by atoms with E-state index in [-0.39, 0.29) is 56.0 Å². The van der Waals surface area contributed by atoms with E-state index in [1.165, 1.54) is 12.0 Å². The first-order valence-electron chi connectivity index (χ1n) is 26.6. The Kier molecular flexibility index (Phi) is 25.0. The molecule has 3 aliphatic heterocycles. The summed E-state index contributed by atoms with van der Waals surface area (Å²) >= 11 is 0. The predicted octanol–water partition coefficient (Wildman–Crippen LogP) is 8.39. The molecule has 3 heterocycles. The molecule has 2 bridgehead atoms. The molecule has 0 spiro atoms. The Balaban J connectivity index is 1.70. The number of methoxy groups -OCH3 is 3. The van der Waals surface area contributed by atoms with Crippen LogP contribution in [0.15, 0.2) is 47.6 Å². The highest BCUT2D eigenvalue weighted by Crippen LogP contribution is 2.53. The number of Topliss-reactive ketones (excluding diaryl/α,β-unsaturated/α-hetero) is 3. The van der Waals surface area contributed by atoms with Crippen molar-refractivity contribution in [1.82, 2.24) is 4.90 Å². The Morgan fingerprint density at radius 2 is 1.53 bits per heavy atom. The summed E-state index contributed by atoms with van der Waals surface area (Å²) in [5.41, 5.74) is 1.23. The van der Waals surface area contributed by atoms with Gasteiger partial charge in [-0.05, 0) is 121 Å². The van der Waals surface area contributed by atoms with Crippen LogP contribution in [-0.4, -0.2) is 140 Å². The van der Waals surface area contributed by atoms with Crippen molar-refractivity contribution >= 4 is 37.0 Å². The van der Waals surface area contributed by atoms with E-state index in [9.17, 15) is 38.8 Å². The Morgan fingerprint density at radius 3 is 2.18 bits per heavy atom. The zero-order chi connectivity index (χ0) is 54.2. The fraction of sp³-hybridized carbons (Fsp3) is 0.764. The molecule has 0 aromatic carbocycles. The number of aliphatic hydroxyl groups excluding tert-OH is 1. The molecule has 4 aliphatic rings. The molecule has 73 heavy (non-hydrogen) atoms. The zero-order valence-electron chi connectivity index (χ0n) is 45.7. The number of ketones is 3. The highest BCUT2D eigenvalue weighted by Gasteiger charge is 2.53. The molecule has 7 unspecified atom stereocenters. The van der Waals surface area contributed by atoms with Gasteiger partial charge in [0.1, 0.15) is 30.1 Å². The molecule has 4 rings (SSSR count). The molecule has 15 atom stereocenters. The second-order valence-electron chi connectivity index (χ2n) is 20.9. The first kappa shape index (κ1) is 62.3. The fourth-order valence-corrected chi connectivity index (χ4v) is 12.2. The van der Waals surface area contributed by atoms with Crippen LogP contribution in [0.2, 0.25) is 0 Å². The number of rotatable bonds is 12. The van der Waals surface area contributed by atoms with E-state index in [1.54, 1.807) is 61.8 Å². The smallest absolute Gasteiger partial charge is 0.460 e. The molecule has 18 heteroatoms. The average molecular weight is 1050 g/mol. The molecule has 0 aromatic heterocycles. The number of cyclic esters (lactones) is 1. The molecule has 3 fully saturated rings. The van der Waals surface area contributed by atoms with E-state index in [4.69, 9.17) is 37.3 Å². The number of esters is 1. The van der Waals surface area contributed by atoms with Gasteiger partial charge in [0.05, 0.1) is 37.6 Å². The van der Waals surface area contributed by atoms with Gasteiger partial charge in [-0.15, -0.1) is 0 Å².